The highest BCUT2D eigenvalue weighted by molar-refractivity contribution is 5.98. The van der Waals surface area contributed by atoms with Gasteiger partial charge in [-0.3, -0.25) is 4.79 Å². The first-order chi connectivity index (χ1) is 11.7. The van der Waals surface area contributed by atoms with Crippen molar-refractivity contribution < 1.29 is 4.79 Å². The van der Waals surface area contributed by atoms with Crippen molar-refractivity contribution in [3.05, 3.63) is 60.2 Å². The summed E-state index contributed by atoms with van der Waals surface area (Å²) >= 11 is 0. The molecule has 0 aliphatic heterocycles. The molecule has 0 heterocycles. The fourth-order valence-electron chi connectivity index (χ4n) is 3.38. The Hall–Kier alpha value is -2.40. The van der Waals surface area contributed by atoms with Crippen LogP contribution in [0.15, 0.2) is 54.6 Å². The summed E-state index contributed by atoms with van der Waals surface area (Å²) in [5.74, 6) is 0.168. The average Bonchev–Trinajstić information content (AvgIpc) is 3.04. The molecule has 0 aromatic heterocycles. The summed E-state index contributed by atoms with van der Waals surface area (Å²) in [4.78, 5) is 12.7. The summed E-state index contributed by atoms with van der Waals surface area (Å²) in [5, 5.41) is 9.29. The lowest BCUT2D eigenvalue weighted by atomic mass is 9.86. The Morgan fingerprint density at radius 3 is 2.12 bits per heavy atom. The van der Waals surface area contributed by atoms with Crippen LogP contribution >= 0.6 is 0 Å². The molecule has 1 saturated carbocycles. The summed E-state index contributed by atoms with van der Waals surface area (Å²) in [6.45, 7) is 6.07. The SMILES string of the molecule is CC.CC1CCC(C(=O)c2ccc(-c3ccccc3)cc2)C1C#N. The average molecular weight is 319 g/mol. The molecule has 1 aliphatic carbocycles. The van der Waals surface area contributed by atoms with Gasteiger partial charge in [0.15, 0.2) is 5.78 Å². The minimum absolute atomic E-state index is 0.121. The third-order valence-electron chi connectivity index (χ3n) is 4.74. The Morgan fingerprint density at radius 1 is 0.958 bits per heavy atom. The highest BCUT2D eigenvalue weighted by Gasteiger charge is 2.38. The summed E-state index contributed by atoms with van der Waals surface area (Å²) in [5.41, 5.74) is 2.97. The quantitative estimate of drug-likeness (QED) is 0.676. The maximum absolute atomic E-state index is 12.7. The molecule has 0 bridgehead atoms. The molecular formula is C22H25NO. The number of carbonyl (C=O) groups is 1. The summed E-state index contributed by atoms with van der Waals surface area (Å²) in [6.07, 6.45) is 1.80. The van der Waals surface area contributed by atoms with Gasteiger partial charge in [0.2, 0.25) is 0 Å². The summed E-state index contributed by atoms with van der Waals surface area (Å²) in [7, 11) is 0. The van der Waals surface area contributed by atoms with Gasteiger partial charge in [-0.15, -0.1) is 0 Å². The van der Waals surface area contributed by atoms with Crippen LogP contribution in [0.4, 0.5) is 0 Å². The molecule has 0 spiro atoms. The molecule has 3 unspecified atom stereocenters. The van der Waals surface area contributed by atoms with E-state index in [9.17, 15) is 10.1 Å². The minimum atomic E-state index is -0.138. The van der Waals surface area contributed by atoms with E-state index in [1.54, 1.807) is 0 Å². The van der Waals surface area contributed by atoms with Crippen molar-refractivity contribution in [1.29, 1.82) is 5.26 Å². The summed E-state index contributed by atoms with van der Waals surface area (Å²) in [6, 6.07) is 20.2. The lowest BCUT2D eigenvalue weighted by Crippen LogP contribution is -2.20. The molecule has 0 N–H and O–H groups in total. The maximum atomic E-state index is 12.7. The number of nitrogens with zero attached hydrogens (tertiary/aromatic N) is 1. The standard InChI is InChI=1S/C20H19NO.C2H6/c1-14-7-12-18(19(14)13-21)20(22)17-10-8-16(9-11-17)15-5-3-2-4-6-15;1-2/h2-6,8-11,14,18-19H,7,12H2,1H3;1-2H3. The van der Waals surface area contributed by atoms with E-state index in [1.807, 2.05) is 56.3 Å². The number of ketones is 1. The van der Waals surface area contributed by atoms with Crippen LogP contribution in [0.5, 0.6) is 0 Å². The number of carbonyl (C=O) groups excluding carboxylic acids is 1. The number of nitriles is 1. The van der Waals surface area contributed by atoms with E-state index >= 15 is 0 Å². The van der Waals surface area contributed by atoms with Crippen molar-refractivity contribution in [3.8, 4) is 17.2 Å². The van der Waals surface area contributed by atoms with Crippen LogP contribution in [0.1, 0.15) is 44.0 Å². The number of Topliss-reactive ketones (excluding diaryl/α,β-unsaturated/α-hetero) is 1. The molecule has 124 valence electrons. The van der Waals surface area contributed by atoms with Gasteiger partial charge in [0.1, 0.15) is 0 Å². The van der Waals surface area contributed by atoms with Crippen LogP contribution in [0.2, 0.25) is 0 Å². The zero-order chi connectivity index (χ0) is 17.5. The van der Waals surface area contributed by atoms with E-state index in [0.29, 0.717) is 5.92 Å². The van der Waals surface area contributed by atoms with Crippen molar-refractivity contribution in [2.24, 2.45) is 17.8 Å². The van der Waals surface area contributed by atoms with E-state index in [1.165, 1.54) is 0 Å². The van der Waals surface area contributed by atoms with Gasteiger partial charge < -0.3 is 0 Å². The van der Waals surface area contributed by atoms with Crippen molar-refractivity contribution in [2.75, 3.05) is 0 Å². The van der Waals surface area contributed by atoms with E-state index in [2.05, 4.69) is 25.1 Å². The molecule has 1 aliphatic rings. The molecule has 2 heteroatoms. The molecule has 3 rings (SSSR count). The van der Waals surface area contributed by atoms with Crippen LogP contribution in [0.3, 0.4) is 0 Å². The van der Waals surface area contributed by atoms with Crippen molar-refractivity contribution in [3.63, 3.8) is 0 Å². The minimum Gasteiger partial charge on any atom is -0.294 e. The highest BCUT2D eigenvalue weighted by atomic mass is 16.1. The lowest BCUT2D eigenvalue weighted by Gasteiger charge is -2.14. The predicted octanol–water partition coefficient (Wildman–Crippen LogP) is 5.75. The van der Waals surface area contributed by atoms with Gasteiger partial charge in [-0.2, -0.15) is 5.26 Å². The first-order valence-corrected chi connectivity index (χ1v) is 8.80. The number of benzene rings is 2. The van der Waals surface area contributed by atoms with Crippen LogP contribution in [0.25, 0.3) is 11.1 Å². The van der Waals surface area contributed by atoms with Gasteiger partial charge in [0, 0.05) is 11.5 Å². The third-order valence-corrected chi connectivity index (χ3v) is 4.74. The van der Waals surface area contributed by atoms with E-state index in [4.69, 9.17) is 0 Å². The smallest absolute Gasteiger partial charge is 0.167 e. The zero-order valence-corrected chi connectivity index (χ0v) is 14.7. The molecule has 2 aromatic rings. The largest absolute Gasteiger partial charge is 0.294 e. The Bertz CT molecular complexity index is 697. The Balaban J connectivity index is 0.00000100. The monoisotopic (exact) mass is 319 g/mol. The fourth-order valence-corrected chi connectivity index (χ4v) is 3.38. The molecule has 24 heavy (non-hydrogen) atoms. The van der Waals surface area contributed by atoms with Gasteiger partial charge in [0.25, 0.3) is 0 Å². The van der Waals surface area contributed by atoms with Crippen LogP contribution < -0.4 is 0 Å². The zero-order valence-electron chi connectivity index (χ0n) is 14.7. The van der Waals surface area contributed by atoms with Gasteiger partial charge in [0.05, 0.1) is 12.0 Å². The number of hydrogen-bond donors (Lipinski definition) is 0. The molecule has 0 radical (unpaired) electrons. The van der Waals surface area contributed by atoms with Gasteiger partial charge >= 0.3 is 0 Å². The number of hydrogen-bond acceptors (Lipinski definition) is 2. The Labute approximate surface area is 145 Å². The van der Waals surface area contributed by atoms with Crippen molar-refractivity contribution in [2.45, 2.75) is 33.6 Å². The topological polar surface area (TPSA) is 40.9 Å². The first-order valence-electron chi connectivity index (χ1n) is 8.80. The number of rotatable bonds is 3. The Morgan fingerprint density at radius 2 is 1.54 bits per heavy atom. The second-order valence-electron chi connectivity index (χ2n) is 6.12. The maximum Gasteiger partial charge on any atom is 0.167 e. The molecule has 0 amide bonds. The van der Waals surface area contributed by atoms with E-state index in [-0.39, 0.29) is 17.6 Å². The van der Waals surface area contributed by atoms with Crippen molar-refractivity contribution in [1.82, 2.24) is 0 Å². The van der Waals surface area contributed by atoms with E-state index in [0.717, 1.165) is 29.5 Å². The van der Waals surface area contributed by atoms with Crippen molar-refractivity contribution >= 4 is 5.78 Å². The normalized spacial score (nSPS) is 22.2. The molecule has 3 atom stereocenters. The van der Waals surface area contributed by atoms with Crippen LogP contribution in [-0.4, -0.2) is 5.78 Å². The fraction of sp³-hybridized carbons (Fsp3) is 0.364. The van der Waals surface area contributed by atoms with Gasteiger partial charge in [-0.25, -0.2) is 0 Å². The lowest BCUT2D eigenvalue weighted by molar-refractivity contribution is 0.0901. The van der Waals surface area contributed by atoms with Crippen LogP contribution in [-0.2, 0) is 0 Å². The second kappa shape index (κ2) is 8.45. The third kappa shape index (κ3) is 3.74. The molecule has 0 saturated heterocycles. The first kappa shape index (κ1) is 17.9. The predicted molar refractivity (Wildman–Crippen MR) is 98.5 cm³/mol. The summed E-state index contributed by atoms with van der Waals surface area (Å²) < 4.78 is 0. The molecule has 1 fully saturated rings. The highest BCUT2D eigenvalue weighted by Crippen LogP contribution is 2.38. The van der Waals surface area contributed by atoms with Gasteiger partial charge in [-0.1, -0.05) is 75.4 Å². The second-order valence-corrected chi connectivity index (χ2v) is 6.12. The van der Waals surface area contributed by atoms with Gasteiger partial charge in [-0.05, 0) is 29.9 Å². The molecule has 2 aromatic carbocycles. The molecule has 2 nitrogen and oxygen atoms in total. The van der Waals surface area contributed by atoms with E-state index < -0.39 is 0 Å². The van der Waals surface area contributed by atoms with Crippen LogP contribution in [0, 0.1) is 29.1 Å². The Kier molecular flexibility index (Phi) is 6.32. The molecular weight excluding hydrogens is 294 g/mol.